The number of thiophene rings is 1. The summed E-state index contributed by atoms with van der Waals surface area (Å²) in [5, 5.41) is 2.00. The second-order valence-electron chi connectivity index (χ2n) is 13.9. The van der Waals surface area contributed by atoms with Gasteiger partial charge in [-0.25, -0.2) is 0 Å². The van der Waals surface area contributed by atoms with Gasteiger partial charge in [0.15, 0.2) is 11.5 Å². The number of ether oxygens (including phenoxy) is 3. The molecule has 0 N–H and O–H groups in total. The zero-order valence-corrected chi connectivity index (χ0v) is 28.7. The highest BCUT2D eigenvalue weighted by atomic mass is 79.9. The molecule has 0 radical (unpaired) electrons. The van der Waals surface area contributed by atoms with E-state index in [4.69, 9.17) is 14.2 Å². The third-order valence-electron chi connectivity index (χ3n) is 10.5. The summed E-state index contributed by atoms with van der Waals surface area (Å²) in [4.78, 5) is 44.9. The molecular formula is C35H41BrN2O6S. The summed E-state index contributed by atoms with van der Waals surface area (Å²) in [6.45, 7) is 9.59. The van der Waals surface area contributed by atoms with E-state index < -0.39 is 23.1 Å². The molecule has 1 aromatic carbocycles. The molecule has 7 rings (SSSR count). The molecule has 3 fully saturated rings. The molecule has 2 aromatic rings. The van der Waals surface area contributed by atoms with Crippen LogP contribution in [0.1, 0.15) is 75.8 Å². The SMILES string of the molecule is CC(=O)Oc1ccc2c3c1O[C@H]1[C@@H](N(CC(C)C)C(=O)/C=C/c4cc(Br)cs4)CC[C@@]4(OC(C)=O)[C@@H](C2)N(CC2CC2)CC[C@]314. The molecule has 5 aliphatic rings. The van der Waals surface area contributed by atoms with Gasteiger partial charge in [-0.1, -0.05) is 19.9 Å². The number of halogens is 1. The van der Waals surface area contributed by atoms with Crippen LogP contribution in [-0.2, 0) is 31.0 Å². The molecular weight excluding hydrogens is 656 g/mol. The molecule has 2 aliphatic heterocycles. The van der Waals surface area contributed by atoms with E-state index in [1.807, 2.05) is 28.5 Å². The quantitative estimate of drug-likeness (QED) is 0.177. The van der Waals surface area contributed by atoms with Crippen molar-refractivity contribution in [3.05, 3.63) is 50.1 Å². The van der Waals surface area contributed by atoms with Gasteiger partial charge in [0, 0.05) is 53.3 Å². The lowest BCUT2D eigenvalue weighted by Gasteiger charge is -2.65. The molecule has 10 heteroatoms. The van der Waals surface area contributed by atoms with Gasteiger partial charge in [-0.15, -0.1) is 11.3 Å². The van der Waals surface area contributed by atoms with Crippen LogP contribution in [0.3, 0.4) is 0 Å². The molecule has 3 heterocycles. The van der Waals surface area contributed by atoms with Gasteiger partial charge in [-0.05, 0) is 96.6 Å². The maximum Gasteiger partial charge on any atom is 0.308 e. The van der Waals surface area contributed by atoms with Gasteiger partial charge in [0.25, 0.3) is 0 Å². The zero-order valence-electron chi connectivity index (χ0n) is 26.3. The number of hydrogen-bond acceptors (Lipinski definition) is 8. The van der Waals surface area contributed by atoms with Crippen LogP contribution >= 0.6 is 27.3 Å². The van der Waals surface area contributed by atoms with Crippen molar-refractivity contribution in [2.24, 2.45) is 11.8 Å². The number of likely N-dealkylation sites (tertiary alicyclic amines) is 1. The van der Waals surface area contributed by atoms with E-state index in [2.05, 4.69) is 40.7 Å². The third-order valence-corrected chi connectivity index (χ3v) is 12.1. The van der Waals surface area contributed by atoms with Crippen molar-refractivity contribution in [2.75, 3.05) is 19.6 Å². The summed E-state index contributed by atoms with van der Waals surface area (Å²) in [6, 6.07) is 5.66. The van der Waals surface area contributed by atoms with Crippen molar-refractivity contribution in [3.8, 4) is 11.5 Å². The molecule has 3 aliphatic carbocycles. The lowest BCUT2D eigenvalue weighted by Crippen LogP contribution is -2.79. The Morgan fingerprint density at radius 1 is 1.18 bits per heavy atom. The Hall–Kier alpha value is -2.69. The summed E-state index contributed by atoms with van der Waals surface area (Å²) in [5.74, 6) is 1.11. The number of benzene rings is 1. The normalized spacial score (nSPS) is 29.8. The molecule has 1 saturated heterocycles. The molecule has 1 spiro atoms. The lowest BCUT2D eigenvalue weighted by molar-refractivity contribution is -0.224. The van der Waals surface area contributed by atoms with Crippen LogP contribution in [0.5, 0.6) is 11.5 Å². The third kappa shape index (κ3) is 5.15. The van der Waals surface area contributed by atoms with Crippen LogP contribution in [0.25, 0.3) is 6.08 Å². The first-order chi connectivity index (χ1) is 21.5. The smallest absolute Gasteiger partial charge is 0.308 e. The largest absolute Gasteiger partial charge is 0.483 e. The van der Waals surface area contributed by atoms with Gasteiger partial charge in [0.1, 0.15) is 11.7 Å². The Labute approximate surface area is 277 Å². The van der Waals surface area contributed by atoms with E-state index in [0.29, 0.717) is 36.8 Å². The van der Waals surface area contributed by atoms with Crippen molar-refractivity contribution in [2.45, 2.75) is 95.4 Å². The molecule has 0 unspecified atom stereocenters. The fourth-order valence-electron chi connectivity index (χ4n) is 8.88. The summed E-state index contributed by atoms with van der Waals surface area (Å²) in [7, 11) is 0. The first-order valence-corrected chi connectivity index (χ1v) is 17.9. The first kappa shape index (κ1) is 30.9. The lowest BCUT2D eigenvalue weighted by atomic mass is 9.48. The van der Waals surface area contributed by atoms with E-state index in [1.54, 1.807) is 17.4 Å². The minimum absolute atomic E-state index is 0.00671. The van der Waals surface area contributed by atoms with E-state index in [-0.39, 0.29) is 29.9 Å². The Kier molecular flexibility index (Phi) is 7.92. The van der Waals surface area contributed by atoms with Gasteiger partial charge in [-0.3, -0.25) is 19.3 Å². The Balaban J connectivity index is 1.36. The van der Waals surface area contributed by atoms with E-state index >= 15 is 0 Å². The standard InChI is InChI=1S/C35H41BrN2O6S/c1-20(2)17-38(30(41)10-8-26-16-25(36)19-45-26)27-11-12-35(44-22(4)40)29-15-24-7-9-28(42-21(3)39)32-31(24)34(35,33(27)43-32)13-14-37(29)18-23-5-6-23/h7-10,16,19-20,23,27,29,33H,5-6,11-15,17-18H2,1-4H3/b10-8+/t27-,29+,33-,34-,35+/m0/s1. The van der Waals surface area contributed by atoms with Crippen molar-refractivity contribution in [1.82, 2.24) is 9.80 Å². The Morgan fingerprint density at radius 2 is 1.98 bits per heavy atom. The molecule has 45 heavy (non-hydrogen) atoms. The molecule has 1 aromatic heterocycles. The van der Waals surface area contributed by atoms with Crippen molar-refractivity contribution in [1.29, 1.82) is 0 Å². The number of amides is 1. The van der Waals surface area contributed by atoms with E-state index in [9.17, 15) is 14.4 Å². The molecule has 2 bridgehead atoms. The number of piperidine rings is 1. The van der Waals surface area contributed by atoms with Gasteiger partial charge in [0.2, 0.25) is 5.91 Å². The summed E-state index contributed by atoms with van der Waals surface area (Å²) in [6.07, 6.45) is 8.31. The molecule has 5 atom stereocenters. The molecule has 2 saturated carbocycles. The van der Waals surface area contributed by atoms with E-state index in [1.165, 1.54) is 26.7 Å². The molecule has 8 nitrogen and oxygen atoms in total. The maximum absolute atomic E-state index is 14.1. The fraction of sp³-hybridized carbons (Fsp3) is 0.571. The van der Waals surface area contributed by atoms with Crippen LogP contribution in [0.2, 0.25) is 0 Å². The average Bonchev–Trinajstić information content (AvgIpc) is 3.58. The summed E-state index contributed by atoms with van der Waals surface area (Å²) >= 11 is 5.08. The van der Waals surface area contributed by atoms with Crippen molar-refractivity contribution >= 4 is 51.2 Å². The minimum Gasteiger partial charge on any atom is -0.483 e. The number of hydrogen-bond donors (Lipinski definition) is 0. The zero-order chi connectivity index (χ0) is 31.7. The topological polar surface area (TPSA) is 85.4 Å². The predicted octanol–water partition coefficient (Wildman–Crippen LogP) is 6.14. The minimum atomic E-state index is -0.814. The number of nitrogens with zero attached hydrogens (tertiary/aromatic N) is 2. The molecule has 1 amide bonds. The van der Waals surface area contributed by atoms with Crippen molar-refractivity contribution in [3.63, 3.8) is 0 Å². The van der Waals surface area contributed by atoms with Crippen molar-refractivity contribution < 1.29 is 28.6 Å². The van der Waals surface area contributed by atoms with Gasteiger partial charge in [0.05, 0.1) is 17.5 Å². The highest BCUT2D eigenvalue weighted by Crippen LogP contribution is 2.67. The maximum atomic E-state index is 14.1. The second-order valence-corrected chi connectivity index (χ2v) is 15.8. The van der Waals surface area contributed by atoms with Crippen LogP contribution in [0.15, 0.2) is 34.1 Å². The highest BCUT2D eigenvalue weighted by molar-refractivity contribution is 9.10. The Bertz CT molecular complexity index is 1570. The average molecular weight is 698 g/mol. The Morgan fingerprint density at radius 3 is 2.64 bits per heavy atom. The number of carbonyl (C=O) groups excluding carboxylic acids is 3. The number of esters is 2. The van der Waals surface area contributed by atoms with Gasteiger partial charge >= 0.3 is 11.9 Å². The van der Waals surface area contributed by atoms with Crippen LogP contribution in [0.4, 0.5) is 0 Å². The monoisotopic (exact) mass is 696 g/mol. The molecule has 240 valence electrons. The first-order valence-electron chi connectivity index (χ1n) is 16.2. The van der Waals surface area contributed by atoms with Crippen LogP contribution < -0.4 is 9.47 Å². The summed E-state index contributed by atoms with van der Waals surface area (Å²) in [5.41, 5.74) is 0.674. The van der Waals surface area contributed by atoms with Crippen LogP contribution in [0, 0.1) is 11.8 Å². The highest BCUT2D eigenvalue weighted by Gasteiger charge is 2.76. The number of carbonyl (C=O) groups is 3. The van der Waals surface area contributed by atoms with E-state index in [0.717, 1.165) is 46.4 Å². The van der Waals surface area contributed by atoms with Gasteiger partial charge < -0.3 is 19.1 Å². The fourth-order valence-corrected chi connectivity index (χ4v) is 10.2. The second kappa shape index (κ2) is 11.5. The van der Waals surface area contributed by atoms with Crippen LogP contribution in [-0.4, -0.2) is 71.1 Å². The summed E-state index contributed by atoms with van der Waals surface area (Å²) < 4.78 is 20.4. The number of rotatable bonds is 9. The van der Waals surface area contributed by atoms with Gasteiger partial charge in [-0.2, -0.15) is 0 Å². The predicted molar refractivity (Wildman–Crippen MR) is 175 cm³/mol.